The first kappa shape index (κ1) is 17.9. The molecule has 0 fully saturated rings. The summed E-state index contributed by atoms with van der Waals surface area (Å²) in [7, 11) is 0. The number of hydrogen-bond acceptors (Lipinski definition) is 1. The van der Waals surface area contributed by atoms with Crippen LogP contribution < -0.4 is 5.32 Å². The van der Waals surface area contributed by atoms with Gasteiger partial charge >= 0.3 is 0 Å². The Morgan fingerprint density at radius 3 is 2.23 bits per heavy atom. The molecule has 0 aromatic heterocycles. The van der Waals surface area contributed by atoms with Crippen LogP contribution in [0.3, 0.4) is 0 Å². The van der Waals surface area contributed by atoms with Gasteiger partial charge < -0.3 is 5.32 Å². The Morgan fingerprint density at radius 1 is 0.808 bits per heavy atom. The van der Waals surface area contributed by atoms with Crippen molar-refractivity contribution in [2.75, 3.05) is 5.32 Å². The molecular formula is C24H25NO. The molecule has 0 heterocycles. The van der Waals surface area contributed by atoms with Crippen molar-refractivity contribution in [3.8, 4) is 0 Å². The average Bonchev–Trinajstić information content (AvgIpc) is 2.67. The molecule has 132 valence electrons. The average molecular weight is 343 g/mol. The zero-order chi connectivity index (χ0) is 18.4. The normalized spacial score (nSPS) is 10.7. The lowest BCUT2D eigenvalue weighted by Gasteiger charge is -2.15. The van der Waals surface area contributed by atoms with Crippen LogP contribution >= 0.6 is 0 Å². The van der Waals surface area contributed by atoms with Gasteiger partial charge in [-0.25, -0.2) is 0 Å². The number of benzene rings is 3. The van der Waals surface area contributed by atoms with E-state index in [1.54, 1.807) is 0 Å². The molecule has 2 heteroatoms. The predicted octanol–water partition coefficient (Wildman–Crippen LogP) is 5.85. The van der Waals surface area contributed by atoms with Gasteiger partial charge in [-0.3, -0.25) is 4.79 Å². The number of anilines is 1. The fraction of sp³-hybridized carbons (Fsp3) is 0.208. The summed E-state index contributed by atoms with van der Waals surface area (Å²) in [5, 5.41) is 3.11. The minimum absolute atomic E-state index is 0.0400. The summed E-state index contributed by atoms with van der Waals surface area (Å²) in [6.45, 7) is 4.28. The van der Waals surface area contributed by atoms with Crippen LogP contribution in [0.5, 0.6) is 0 Å². The third-order valence-corrected chi connectivity index (χ3v) is 4.62. The number of hydrogen-bond donors (Lipinski definition) is 1. The number of nitrogens with one attached hydrogen (secondary N) is 1. The first-order chi connectivity index (χ1) is 12.6. The molecule has 2 nitrogen and oxygen atoms in total. The molecule has 0 aliphatic rings. The number of amides is 1. The summed E-state index contributed by atoms with van der Waals surface area (Å²) in [4.78, 5) is 12.9. The van der Waals surface area contributed by atoms with Crippen molar-refractivity contribution in [3.63, 3.8) is 0 Å². The second-order valence-corrected chi connectivity index (χ2v) is 6.84. The summed E-state index contributed by atoms with van der Waals surface area (Å²) < 4.78 is 0. The Kier molecular flexibility index (Phi) is 5.85. The molecule has 0 aliphatic heterocycles. The minimum Gasteiger partial charge on any atom is -0.322 e. The molecule has 1 N–H and O–H groups in total. The Hall–Kier alpha value is -2.87. The van der Waals surface area contributed by atoms with Crippen molar-refractivity contribution in [1.29, 1.82) is 0 Å². The zero-order valence-corrected chi connectivity index (χ0v) is 15.4. The van der Waals surface area contributed by atoms with Crippen molar-refractivity contribution in [2.24, 2.45) is 0 Å². The molecule has 0 saturated heterocycles. The number of carbonyl (C=O) groups excluding carboxylic acids is 1. The summed E-state index contributed by atoms with van der Waals surface area (Å²) in [5.41, 5.74) is 5.17. The predicted molar refractivity (Wildman–Crippen MR) is 109 cm³/mol. The lowest BCUT2D eigenvalue weighted by molar-refractivity contribution is 0.102. The number of carbonyl (C=O) groups is 1. The first-order valence-corrected chi connectivity index (χ1v) is 9.17. The van der Waals surface area contributed by atoms with Gasteiger partial charge in [-0.05, 0) is 47.6 Å². The quantitative estimate of drug-likeness (QED) is 0.598. The van der Waals surface area contributed by atoms with Gasteiger partial charge in [0.2, 0.25) is 0 Å². The van der Waals surface area contributed by atoms with E-state index in [2.05, 4.69) is 49.5 Å². The van der Waals surface area contributed by atoms with E-state index >= 15 is 0 Å². The molecule has 0 saturated carbocycles. The Labute approximate surface area is 155 Å². The van der Waals surface area contributed by atoms with Crippen molar-refractivity contribution in [3.05, 3.63) is 101 Å². The summed E-state index contributed by atoms with van der Waals surface area (Å²) in [5.74, 6) is 0.321. The maximum Gasteiger partial charge on any atom is 0.255 e. The van der Waals surface area contributed by atoms with E-state index in [4.69, 9.17) is 0 Å². The molecule has 0 spiro atoms. The van der Waals surface area contributed by atoms with Crippen LogP contribution in [0.4, 0.5) is 5.69 Å². The molecule has 3 aromatic carbocycles. The lowest BCUT2D eigenvalue weighted by atomic mass is 9.98. The van der Waals surface area contributed by atoms with E-state index in [0.29, 0.717) is 5.92 Å². The second-order valence-electron chi connectivity index (χ2n) is 6.84. The van der Waals surface area contributed by atoms with Crippen LogP contribution in [-0.4, -0.2) is 5.91 Å². The SMILES string of the molecule is CC(C)c1ccccc1NC(=O)c1ccccc1CCc1ccccc1. The van der Waals surface area contributed by atoms with Gasteiger partial charge in [0.25, 0.3) is 5.91 Å². The summed E-state index contributed by atoms with van der Waals surface area (Å²) >= 11 is 0. The second kappa shape index (κ2) is 8.48. The van der Waals surface area contributed by atoms with Crippen molar-refractivity contribution >= 4 is 11.6 Å². The van der Waals surface area contributed by atoms with E-state index in [-0.39, 0.29) is 5.91 Å². The first-order valence-electron chi connectivity index (χ1n) is 9.17. The highest BCUT2D eigenvalue weighted by Gasteiger charge is 2.14. The van der Waals surface area contributed by atoms with E-state index < -0.39 is 0 Å². The third kappa shape index (κ3) is 4.40. The maximum atomic E-state index is 12.9. The molecular weight excluding hydrogens is 318 g/mol. The van der Waals surface area contributed by atoms with E-state index in [9.17, 15) is 4.79 Å². The number of aryl methyl sites for hydroxylation is 2. The van der Waals surface area contributed by atoms with Crippen LogP contribution in [0, 0.1) is 0 Å². The lowest BCUT2D eigenvalue weighted by Crippen LogP contribution is -2.16. The van der Waals surface area contributed by atoms with Gasteiger partial charge in [-0.15, -0.1) is 0 Å². The van der Waals surface area contributed by atoms with Crippen molar-refractivity contribution < 1.29 is 4.79 Å². The fourth-order valence-corrected chi connectivity index (χ4v) is 3.19. The van der Waals surface area contributed by atoms with E-state index in [0.717, 1.165) is 35.2 Å². The van der Waals surface area contributed by atoms with Crippen LogP contribution in [-0.2, 0) is 12.8 Å². The minimum atomic E-state index is -0.0400. The van der Waals surface area contributed by atoms with Crippen molar-refractivity contribution in [2.45, 2.75) is 32.6 Å². The van der Waals surface area contributed by atoms with Gasteiger partial charge in [0, 0.05) is 11.3 Å². The highest BCUT2D eigenvalue weighted by Crippen LogP contribution is 2.24. The standard InChI is InChI=1S/C24H25NO/c1-18(2)21-13-8-9-15-23(21)25-24(26)22-14-7-6-12-20(22)17-16-19-10-4-3-5-11-19/h3-15,18H,16-17H2,1-2H3,(H,25,26). The summed E-state index contributed by atoms with van der Waals surface area (Å²) in [6, 6.07) is 26.3. The molecule has 3 aromatic rings. The molecule has 3 rings (SSSR count). The van der Waals surface area contributed by atoms with Gasteiger partial charge in [0.05, 0.1) is 0 Å². The highest BCUT2D eigenvalue weighted by atomic mass is 16.1. The monoisotopic (exact) mass is 343 g/mol. The molecule has 0 radical (unpaired) electrons. The van der Waals surface area contributed by atoms with Crippen LogP contribution in [0.15, 0.2) is 78.9 Å². The molecule has 26 heavy (non-hydrogen) atoms. The molecule has 1 amide bonds. The molecule has 0 bridgehead atoms. The Morgan fingerprint density at radius 2 is 1.46 bits per heavy atom. The van der Waals surface area contributed by atoms with Crippen molar-refractivity contribution in [1.82, 2.24) is 0 Å². The summed E-state index contributed by atoms with van der Waals surface area (Å²) in [6.07, 6.45) is 1.77. The largest absolute Gasteiger partial charge is 0.322 e. The van der Waals surface area contributed by atoms with Crippen LogP contribution in [0.1, 0.15) is 46.8 Å². The van der Waals surface area contributed by atoms with Crippen LogP contribution in [0.25, 0.3) is 0 Å². The highest BCUT2D eigenvalue weighted by molar-refractivity contribution is 6.05. The van der Waals surface area contributed by atoms with Gasteiger partial charge in [0.15, 0.2) is 0 Å². The number of rotatable bonds is 6. The molecule has 0 atom stereocenters. The van der Waals surface area contributed by atoms with Gasteiger partial charge in [-0.1, -0.05) is 80.6 Å². The fourth-order valence-electron chi connectivity index (χ4n) is 3.19. The van der Waals surface area contributed by atoms with Gasteiger partial charge in [0.1, 0.15) is 0 Å². The van der Waals surface area contributed by atoms with E-state index in [1.807, 2.05) is 48.5 Å². The Balaban J connectivity index is 1.78. The van der Waals surface area contributed by atoms with Gasteiger partial charge in [-0.2, -0.15) is 0 Å². The zero-order valence-electron chi connectivity index (χ0n) is 15.4. The van der Waals surface area contributed by atoms with Crippen LogP contribution in [0.2, 0.25) is 0 Å². The third-order valence-electron chi connectivity index (χ3n) is 4.62. The van der Waals surface area contributed by atoms with E-state index in [1.165, 1.54) is 5.56 Å². The Bertz CT molecular complexity index is 868. The topological polar surface area (TPSA) is 29.1 Å². The molecule has 0 unspecified atom stereocenters. The smallest absolute Gasteiger partial charge is 0.255 e. The maximum absolute atomic E-state index is 12.9. The number of para-hydroxylation sites is 1. The molecule has 0 aliphatic carbocycles.